The van der Waals surface area contributed by atoms with Crippen molar-refractivity contribution in [3.63, 3.8) is 0 Å². The lowest BCUT2D eigenvalue weighted by Crippen LogP contribution is -2.42. The van der Waals surface area contributed by atoms with Crippen molar-refractivity contribution >= 4 is 6.09 Å². The summed E-state index contributed by atoms with van der Waals surface area (Å²) in [6.07, 6.45) is -2.23. The minimum absolute atomic E-state index is 0.0838. The van der Waals surface area contributed by atoms with E-state index in [1.54, 1.807) is 20.8 Å². The van der Waals surface area contributed by atoms with Gasteiger partial charge in [-0.15, -0.1) is 0 Å². The zero-order valence-corrected chi connectivity index (χ0v) is 9.29. The van der Waals surface area contributed by atoms with Gasteiger partial charge in [0.25, 0.3) is 0 Å². The van der Waals surface area contributed by atoms with Crippen LogP contribution in [0.5, 0.6) is 0 Å². The topological polar surface area (TPSA) is 58.6 Å². The highest BCUT2D eigenvalue weighted by atomic mass is 19.1. The van der Waals surface area contributed by atoms with Crippen LogP contribution in [-0.2, 0) is 4.74 Å². The number of hydrogen-bond acceptors (Lipinski definition) is 3. The van der Waals surface area contributed by atoms with Crippen LogP contribution in [0.2, 0.25) is 0 Å². The van der Waals surface area contributed by atoms with E-state index < -0.39 is 30.0 Å². The minimum Gasteiger partial charge on any atom is -0.444 e. The quantitative estimate of drug-likeness (QED) is 0.700. The summed E-state index contributed by atoms with van der Waals surface area (Å²) in [6, 6.07) is -0.533. The molecule has 0 spiro atoms. The Hall–Kier alpha value is -0.840. The zero-order chi connectivity index (χ0) is 11.6. The predicted octanol–water partition coefficient (Wildman–Crippen LogP) is 1.37. The Morgan fingerprint density at radius 3 is 2.47 bits per heavy atom. The summed E-state index contributed by atoms with van der Waals surface area (Å²) in [5, 5.41) is 11.9. The van der Waals surface area contributed by atoms with Crippen LogP contribution >= 0.6 is 0 Å². The lowest BCUT2D eigenvalue weighted by molar-refractivity contribution is 0.0450. The summed E-state index contributed by atoms with van der Waals surface area (Å²) in [5.41, 5.74) is -0.581. The third kappa shape index (κ3) is 4.03. The average Bonchev–Trinajstić information content (AvgIpc) is 2.25. The van der Waals surface area contributed by atoms with Crippen molar-refractivity contribution in [1.82, 2.24) is 5.32 Å². The van der Waals surface area contributed by atoms with Crippen LogP contribution in [0.15, 0.2) is 0 Å². The Kier molecular flexibility index (Phi) is 3.54. The summed E-state index contributed by atoms with van der Waals surface area (Å²) in [6.45, 7) is 5.24. The van der Waals surface area contributed by atoms with E-state index in [1.165, 1.54) is 0 Å². The highest BCUT2D eigenvalue weighted by Gasteiger charge is 2.34. The summed E-state index contributed by atoms with van der Waals surface area (Å²) in [5.74, 6) is 0. The van der Waals surface area contributed by atoms with Crippen LogP contribution in [0.25, 0.3) is 0 Å². The number of hydrogen-bond donors (Lipinski definition) is 2. The summed E-state index contributed by atoms with van der Waals surface area (Å²) < 4.78 is 17.9. The monoisotopic (exact) mass is 219 g/mol. The first-order valence-electron chi connectivity index (χ1n) is 5.09. The maximum absolute atomic E-state index is 12.9. The molecule has 1 aliphatic carbocycles. The highest BCUT2D eigenvalue weighted by Crippen LogP contribution is 2.22. The first kappa shape index (κ1) is 12.2. The molecule has 1 unspecified atom stereocenters. The molecule has 88 valence electrons. The van der Waals surface area contributed by atoms with E-state index in [4.69, 9.17) is 4.74 Å². The lowest BCUT2D eigenvalue weighted by atomic mass is 10.2. The average molecular weight is 219 g/mol. The molecule has 0 aromatic rings. The van der Waals surface area contributed by atoms with E-state index in [0.29, 0.717) is 0 Å². The van der Waals surface area contributed by atoms with Crippen molar-refractivity contribution < 1.29 is 19.0 Å². The Labute approximate surface area is 88.8 Å². The van der Waals surface area contributed by atoms with Crippen molar-refractivity contribution in [1.29, 1.82) is 0 Å². The number of ether oxygens (including phenoxy) is 1. The first-order chi connectivity index (χ1) is 6.78. The molecule has 1 aliphatic rings. The summed E-state index contributed by atoms with van der Waals surface area (Å²) >= 11 is 0. The van der Waals surface area contributed by atoms with Gasteiger partial charge in [0.15, 0.2) is 0 Å². The molecule has 5 heteroatoms. The number of alkyl halides is 1. The van der Waals surface area contributed by atoms with Gasteiger partial charge in [-0.3, -0.25) is 0 Å². The molecule has 15 heavy (non-hydrogen) atoms. The summed E-state index contributed by atoms with van der Waals surface area (Å²) in [4.78, 5) is 11.3. The van der Waals surface area contributed by atoms with Gasteiger partial charge in [-0.25, -0.2) is 9.18 Å². The number of nitrogens with one attached hydrogen (secondary N) is 1. The van der Waals surface area contributed by atoms with Gasteiger partial charge in [-0.2, -0.15) is 0 Å². The van der Waals surface area contributed by atoms with Gasteiger partial charge in [0, 0.05) is 12.8 Å². The molecule has 0 radical (unpaired) electrons. The maximum Gasteiger partial charge on any atom is 0.407 e. The number of carbonyl (C=O) groups excluding carboxylic acids is 1. The van der Waals surface area contributed by atoms with Crippen LogP contribution in [0.4, 0.5) is 9.18 Å². The van der Waals surface area contributed by atoms with Gasteiger partial charge >= 0.3 is 6.09 Å². The van der Waals surface area contributed by atoms with Gasteiger partial charge in [0.2, 0.25) is 0 Å². The fourth-order valence-corrected chi connectivity index (χ4v) is 1.57. The SMILES string of the molecule is CC(C)(C)OC(=O)NC1C[C@H](F)C[C@@H]1O. The molecule has 1 amide bonds. The lowest BCUT2D eigenvalue weighted by Gasteiger charge is -2.22. The largest absolute Gasteiger partial charge is 0.444 e. The highest BCUT2D eigenvalue weighted by molar-refractivity contribution is 5.68. The van der Waals surface area contributed by atoms with Crippen LogP contribution in [-0.4, -0.2) is 35.1 Å². The van der Waals surface area contributed by atoms with Gasteiger partial charge in [-0.1, -0.05) is 0 Å². The third-order valence-corrected chi connectivity index (χ3v) is 2.17. The molecule has 0 bridgehead atoms. The third-order valence-electron chi connectivity index (χ3n) is 2.17. The van der Waals surface area contributed by atoms with Crippen molar-refractivity contribution in [2.45, 2.75) is 57.5 Å². The molecule has 0 aromatic carbocycles. The Balaban J connectivity index is 2.39. The molecule has 2 N–H and O–H groups in total. The molecule has 4 nitrogen and oxygen atoms in total. The first-order valence-corrected chi connectivity index (χ1v) is 5.09. The molecular weight excluding hydrogens is 201 g/mol. The number of aliphatic hydroxyl groups is 1. The van der Waals surface area contributed by atoms with Crippen LogP contribution in [0.1, 0.15) is 33.6 Å². The standard InChI is InChI=1S/C10H18FNO3/c1-10(2,3)15-9(14)12-7-4-6(11)5-8(7)13/h6-8,13H,4-5H2,1-3H3,(H,12,14)/t6-,7?,8-/m0/s1. The van der Waals surface area contributed by atoms with Crippen molar-refractivity contribution in [2.75, 3.05) is 0 Å². The second kappa shape index (κ2) is 4.35. The molecule has 1 rings (SSSR count). The molecule has 0 heterocycles. The van der Waals surface area contributed by atoms with E-state index in [-0.39, 0.29) is 12.8 Å². The van der Waals surface area contributed by atoms with Crippen molar-refractivity contribution in [3.8, 4) is 0 Å². The van der Waals surface area contributed by atoms with Gasteiger partial charge in [0.05, 0.1) is 12.1 Å². The second-order valence-corrected chi connectivity index (χ2v) is 4.89. The molecule has 0 aromatic heterocycles. The van der Waals surface area contributed by atoms with E-state index in [9.17, 15) is 14.3 Å². The number of rotatable bonds is 1. The van der Waals surface area contributed by atoms with E-state index in [2.05, 4.69) is 5.32 Å². The molecule has 0 aliphatic heterocycles. The zero-order valence-electron chi connectivity index (χ0n) is 9.29. The minimum atomic E-state index is -1.04. The molecular formula is C10H18FNO3. The molecule has 1 saturated carbocycles. The van der Waals surface area contributed by atoms with E-state index in [1.807, 2.05) is 0 Å². The fourth-order valence-electron chi connectivity index (χ4n) is 1.57. The number of aliphatic hydroxyl groups excluding tert-OH is 1. The smallest absolute Gasteiger partial charge is 0.407 e. The molecule has 1 fully saturated rings. The van der Waals surface area contributed by atoms with Gasteiger partial charge in [0.1, 0.15) is 11.8 Å². The second-order valence-electron chi connectivity index (χ2n) is 4.89. The Morgan fingerprint density at radius 2 is 2.07 bits per heavy atom. The Bertz CT molecular complexity index is 239. The van der Waals surface area contributed by atoms with Crippen LogP contribution < -0.4 is 5.32 Å². The van der Waals surface area contributed by atoms with Crippen LogP contribution in [0.3, 0.4) is 0 Å². The number of carbonyl (C=O) groups is 1. The fraction of sp³-hybridized carbons (Fsp3) is 0.900. The van der Waals surface area contributed by atoms with Gasteiger partial charge < -0.3 is 15.2 Å². The summed E-state index contributed by atoms with van der Waals surface area (Å²) in [7, 11) is 0. The predicted molar refractivity (Wildman–Crippen MR) is 53.3 cm³/mol. The number of amides is 1. The maximum atomic E-state index is 12.9. The van der Waals surface area contributed by atoms with Crippen molar-refractivity contribution in [2.24, 2.45) is 0 Å². The number of halogens is 1. The number of alkyl carbamates (subject to hydrolysis) is 1. The van der Waals surface area contributed by atoms with Gasteiger partial charge in [-0.05, 0) is 20.8 Å². The molecule has 3 atom stereocenters. The molecule has 0 saturated heterocycles. The van der Waals surface area contributed by atoms with E-state index in [0.717, 1.165) is 0 Å². The van der Waals surface area contributed by atoms with E-state index >= 15 is 0 Å². The van der Waals surface area contributed by atoms with Crippen molar-refractivity contribution in [3.05, 3.63) is 0 Å². The van der Waals surface area contributed by atoms with Crippen LogP contribution in [0, 0.1) is 0 Å². The normalized spacial score (nSPS) is 31.4. The Morgan fingerprint density at radius 1 is 1.47 bits per heavy atom.